The number of aromatic amines is 1. The van der Waals surface area contributed by atoms with Crippen LogP contribution in [0.5, 0.6) is 0 Å². The highest BCUT2D eigenvalue weighted by atomic mass is 16.4. The molecule has 1 saturated heterocycles. The van der Waals surface area contributed by atoms with E-state index in [1.165, 1.54) is 4.90 Å². The van der Waals surface area contributed by atoms with Crippen LogP contribution in [0.1, 0.15) is 16.8 Å². The van der Waals surface area contributed by atoms with Gasteiger partial charge in [-0.2, -0.15) is 0 Å². The number of hydrogen-bond donors (Lipinski definition) is 2. The van der Waals surface area contributed by atoms with Crippen molar-refractivity contribution in [2.24, 2.45) is 5.92 Å². The molecule has 2 N–H and O–H groups in total. The number of carbonyl (C=O) groups excluding carboxylic acids is 1. The number of pyridine rings is 1. The zero-order chi connectivity index (χ0) is 15.0. The molecule has 1 aliphatic heterocycles. The average Bonchev–Trinajstić information content (AvgIpc) is 2.96. The number of H-pyrrole nitrogens is 1. The summed E-state index contributed by atoms with van der Waals surface area (Å²) in [4.78, 5) is 39.5. The summed E-state index contributed by atoms with van der Waals surface area (Å²) in [6.45, 7) is 0.516. The number of carboxylic acid groups (broad SMARTS) is 1. The van der Waals surface area contributed by atoms with E-state index in [1.54, 1.807) is 18.2 Å². The van der Waals surface area contributed by atoms with Crippen molar-refractivity contribution in [2.45, 2.75) is 6.42 Å². The van der Waals surface area contributed by atoms with Gasteiger partial charge in [-0.3, -0.25) is 14.4 Å². The average molecular weight is 286 g/mol. The van der Waals surface area contributed by atoms with Gasteiger partial charge in [0.1, 0.15) is 5.56 Å². The van der Waals surface area contributed by atoms with Crippen LogP contribution in [0, 0.1) is 5.92 Å². The number of amides is 1. The first-order chi connectivity index (χ1) is 10.1. The molecule has 0 bridgehead atoms. The number of fused-ring (bicyclic) bond motifs is 1. The standard InChI is InChI=1S/C15H14N2O4/c18-13-11(7-9-3-1-2-4-12(9)16-13)14(19)17-6-5-10(8-17)15(20)21/h1-4,7,10H,5-6,8H2,(H,16,18)(H,20,21)/t10-/m1/s1. The summed E-state index contributed by atoms with van der Waals surface area (Å²) < 4.78 is 0. The molecule has 0 saturated carbocycles. The molecule has 1 aromatic carbocycles. The van der Waals surface area contributed by atoms with Crippen LogP contribution in [-0.4, -0.2) is 40.0 Å². The van der Waals surface area contributed by atoms with Gasteiger partial charge in [0.15, 0.2) is 0 Å². The Kier molecular flexibility index (Phi) is 3.21. The Labute approximate surface area is 120 Å². The maximum Gasteiger partial charge on any atom is 0.308 e. The van der Waals surface area contributed by atoms with Crippen LogP contribution in [0.4, 0.5) is 0 Å². The van der Waals surface area contributed by atoms with Gasteiger partial charge in [0.2, 0.25) is 0 Å². The Morgan fingerprint density at radius 2 is 2.05 bits per heavy atom. The van der Waals surface area contributed by atoms with Crippen LogP contribution in [0.25, 0.3) is 10.9 Å². The third-order valence-electron chi connectivity index (χ3n) is 3.81. The summed E-state index contributed by atoms with van der Waals surface area (Å²) in [7, 11) is 0. The SMILES string of the molecule is O=C(O)[C@@H]1CCN(C(=O)c2cc3ccccc3[nH]c2=O)C1. The van der Waals surface area contributed by atoms with E-state index in [-0.39, 0.29) is 12.1 Å². The molecule has 6 heteroatoms. The minimum absolute atomic E-state index is 0.0553. The van der Waals surface area contributed by atoms with Gasteiger partial charge in [-0.25, -0.2) is 0 Å². The monoisotopic (exact) mass is 286 g/mol. The Bertz CT molecular complexity index is 781. The van der Waals surface area contributed by atoms with Crippen LogP contribution in [0.3, 0.4) is 0 Å². The fourth-order valence-corrected chi connectivity index (χ4v) is 2.62. The maximum absolute atomic E-state index is 12.4. The van der Waals surface area contributed by atoms with Crippen molar-refractivity contribution < 1.29 is 14.7 Å². The highest BCUT2D eigenvalue weighted by molar-refractivity contribution is 5.97. The Hall–Kier alpha value is -2.63. The Balaban J connectivity index is 1.93. The van der Waals surface area contributed by atoms with E-state index in [4.69, 9.17) is 5.11 Å². The quantitative estimate of drug-likeness (QED) is 0.864. The first-order valence-corrected chi connectivity index (χ1v) is 6.70. The number of carbonyl (C=O) groups is 2. The second kappa shape index (κ2) is 5.05. The van der Waals surface area contributed by atoms with Crippen LogP contribution in [0.2, 0.25) is 0 Å². The van der Waals surface area contributed by atoms with Crippen LogP contribution in [0.15, 0.2) is 35.1 Å². The third-order valence-corrected chi connectivity index (χ3v) is 3.81. The second-order valence-corrected chi connectivity index (χ2v) is 5.17. The van der Waals surface area contributed by atoms with Crippen molar-refractivity contribution in [3.63, 3.8) is 0 Å². The van der Waals surface area contributed by atoms with Gasteiger partial charge in [-0.1, -0.05) is 18.2 Å². The largest absolute Gasteiger partial charge is 0.481 e. The predicted octanol–water partition coefficient (Wildman–Crippen LogP) is 1.07. The smallest absolute Gasteiger partial charge is 0.308 e. The summed E-state index contributed by atoms with van der Waals surface area (Å²) in [6, 6.07) is 8.76. The molecule has 0 unspecified atom stereocenters. The number of nitrogens with zero attached hydrogens (tertiary/aromatic N) is 1. The topological polar surface area (TPSA) is 90.5 Å². The number of aliphatic carboxylic acids is 1. The van der Waals surface area contributed by atoms with E-state index in [0.717, 1.165) is 5.39 Å². The van der Waals surface area contributed by atoms with E-state index < -0.39 is 23.4 Å². The molecule has 0 spiro atoms. The minimum atomic E-state index is -0.905. The van der Waals surface area contributed by atoms with E-state index in [1.807, 2.05) is 12.1 Å². The molecule has 108 valence electrons. The summed E-state index contributed by atoms with van der Waals surface area (Å²) in [5.74, 6) is -1.86. The first-order valence-electron chi connectivity index (χ1n) is 6.70. The highest BCUT2D eigenvalue weighted by Crippen LogP contribution is 2.19. The molecule has 1 amide bonds. The van der Waals surface area contributed by atoms with Crippen molar-refractivity contribution >= 4 is 22.8 Å². The first kappa shape index (κ1) is 13.4. The molecule has 6 nitrogen and oxygen atoms in total. The summed E-state index contributed by atoms with van der Waals surface area (Å²) in [5.41, 5.74) is 0.279. The molecule has 1 atom stereocenters. The molecule has 1 aliphatic rings. The number of carboxylic acids is 1. The zero-order valence-corrected chi connectivity index (χ0v) is 11.2. The second-order valence-electron chi connectivity index (χ2n) is 5.17. The lowest BCUT2D eigenvalue weighted by atomic mass is 10.1. The maximum atomic E-state index is 12.4. The zero-order valence-electron chi connectivity index (χ0n) is 11.2. The lowest BCUT2D eigenvalue weighted by Gasteiger charge is -2.15. The van der Waals surface area contributed by atoms with E-state index in [0.29, 0.717) is 18.5 Å². The van der Waals surface area contributed by atoms with Gasteiger partial charge in [0, 0.05) is 18.6 Å². The minimum Gasteiger partial charge on any atom is -0.481 e. The molecule has 1 fully saturated rings. The normalized spacial score (nSPS) is 18.1. The molecule has 3 rings (SSSR count). The van der Waals surface area contributed by atoms with Gasteiger partial charge in [-0.05, 0) is 23.9 Å². The molecule has 0 aliphatic carbocycles. The number of rotatable bonds is 2. The Morgan fingerprint density at radius 3 is 2.76 bits per heavy atom. The lowest BCUT2D eigenvalue weighted by Crippen LogP contribution is -2.33. The number of para-hydroxylation sites is 1. The number of nitrogens with one attached hydrogen (secondary N) is 1. The number of aromatic nitrogens is 1. The molecular weight excluding hydrogens is 272 g/mol. The van der Waals surface area contributed by atoms with Crippen molar-refractivity contribution in [1.82, 2.24) is 9.88 Å². The number of benzene rings is 1. The molecule has 2 heterocycles. The van der Waals surface area contributed by atoms with Crippen LogP contribution < -0.4 is 5.56 Å². The Morgan fingerprint density at radius 1 is 1.29 bits per heavy atom. The third kappa shape index (κ3) is 2.40. The van der Waals surface area contributed by atoms with Gasteiger partial charge in [0.05, 0.1) is 5.92 Å². The predicted molar refractivity (Wildman–Crippen MR) is 76.2 cm³/mol. The molecule has 1 aromatic heterocycles. The van der Waals surface area contributed by atoms with Crippen LogP contribution >= 0.6 is 0 Å². The van der Waals surface area contributed by atoms with Crippen molar-refractivity contribution in [1.29, 1.82) is 0 Å². The lowest BCUT2D eigenvalue weighted by molar-refractivity contribution is -0.141. The fraction of sp³-hybridized carbons (Fsp3) is 0.267. The van der Waals surface area contributed by atoms with E-state index in [2.05, 4.69) is 4.98 Å². The van der Waals surface area contributed by atoms with Gasteiger partial charge in [0.25, 0.3) is 11.5 Å². The molecular formula is C15H14N2O4. The van der Waals surface area contributed by atoms with Crippen molar-refractivity contribution in [2.75, 3.05) is 13.1 Å². The van der Waals surface area contributed by atoms with Gasteiger partial charge >= 0.3 is 5.97 Å². The van der Waals surface area contributed by atoms with Crippen LogP contribution in [-0.2, 0) is 4.79 Å². The van der Waals surface area contributed by atoms with E-state index >= 15 is 0 Å². The number of likely N-dealkylation sites (tertiary alicyclic amines) is 1. The summed E-state index contributed by atoms with van der Waals surface area (Å²) >= 11 is 0. The molecule has 2 aromatic rings. The van der Waals surface area contributed by atoms with E-state index in [9.17, 15) is 14.4 Å². The highest BCUT2D eigenvalue weighted by Gasteiger charge is 2.32. The fourth-order valence-electron chi connectivity index (χ4n) is 2.62. The molecule has 21 heavy (non-hydrogen) atoms. The van der Waals surface area contributed by atoms with Crippen molar-refractivity contribution in [3.8, 4) is 0 Å². The molecule has 0 radical (unpaired) electrons. The van der Waals surface area contributed by atoms with Gasteiger partial charge in [-0.15, -0.1) is 0 Å². The number of hydrogen-bond acceptors (Lipinski definition) is 3. The van der Waals surface area contributed by atoms with Gasteiger partial charge < -0.3 is 15.0 Å². The summed E-state index contributed by atoms with van der Waals surface area (Å²) in [6.07, 6.45) is 0.423. The summed E-state index contributed by atoms with van der Waals surface area (Å²) in [5, 5.41) is 9.75. The van der Waals surface area contributed by atoms with Crippen molar-refractivity contribution in [3.05, 3.63) is 46.2 Å².